The summed E-state index contributed by atoms with van der Waals surface area (Å²) in [5.74, 6) is -0.456. The highest BCUT2D eigenvalue weighted by atomic mass is 19.4. The Morgan fingerprint density at radius 3 is 2.56 bits per heavy atom. The zero-order valence-electron chi connectivity index (χ0n) is 15.2. The molecule has 0 spiro atoms. The molecule has 1 aliphatic heterocycles. The minimum Gasteiger partial charge on any atom is -0.507 e. The van der Waals surface area contributed by atoms with Gasteiger partial charge in [0.05, 0.1) is 17.0 Å². The molecule has 0 aliphatic carbocycles. The summed E-state index contributed by atoms with van der Waals surface area (Å²) in [5.41, 5.74) is 0.639. The smallest absolute Gasteiger partial charge is 0.416 e. The van der Waals surface area contributed by atoms with E-state index in [1.54, 1.807) is 13.0 Å². The molecule has 5 nitrogen and oxygen atoms in total. The van der Waals surface area contributed by atoms with E-state index < -0.39 is 23.6 Å². The zero-order valence-corrected chi connectivity index (χ0v) is 15.2. The summed E-state index contributed by atoms with van der Waals surface area (Å²) in [7, 11) is 2.01. The lowest BCUT2D eigenvalue weighted by Gasteiger charge is -2.32. The number of aromatic nitrogens is 2. The number of aliphatic hydroxyl groups excluding tert-OH is 1. The lowest BCUT2D eigenvalue weighted by atomic mass is 9.89. The maximum Gasteiger partial charge on any atom is 0.416 e. The van der Waals surface area contributed by atoms with Crippen molar-refractivity contribution < 1.29 is 23.4 Å². The number of aliphatic hydroxyl groups is 1. The van der Waals surface area contributed by atoms with E-state index in [2.05, 4.69) is 15.1 Å². The SMILES string of the molecule is Cc1cc(-c2ccc(C(F)(F)F)cc2O)nnc1C(O)C1CCCN(C)C1. The Bertz CT molecular complexity index is 826. The third kappa shape index (κ3) is 4.22. The fourth-order valence-corrected chi connectivity index (χ4v) is 3.53. The number of aryl methyl sites for hydroxylation is 1. The molecule has 1 aliphatic rings. The van der Waals surface area contributed by atoms with E-state index in [4.69, 9.17) is 0 Å². The highest BCUT2D eigenvalue weighted by molar-refractivity contribution is 5.67. The van der Waals surface area contributed by atoms with Crippen LogP contribution in [-0.2, 0) is 6.18 Å². The molecule has 2 N–H and O–H groups in total. The molecule has 1 aromatic heterocycles. The van der Waals surface area contributed by atoms with E-state index in [9.17, 15) is 23.4 Å². The molecular weight excluding hydrogens is 359 g/mol. The van der Waals surface area contributed by atoms with Crippen LogP contribution in [0.4, 0.5) is 13.2 Å². The first-order valence-electron chi connectivity index (χ1n) is 8.78. The number of hydrogen-bond donors (Lipinski definition) is 2. The van der Waals surface area contributed by atoms with Crippen molar-refractivity contribution in [2.45, 2.75) is 32.0 Å². The van der Waals surface area contributed by atoms with Gasteiger partial charge in [-0.15, -0.1) is 0 Å². The van der Waals surface area contributed by atoms with Crippen molar-refractivity contribution in [1.82, 2.24) is 15.1 Å². The van der Waals surface area contributed by atoms with Gasteiger partial charge in [0.1, 0.15) is 11.9 Å². The molecule has 0 saturated carbocycles. The second-order valence-corrected chi connectivity index (χ2v) is 7.14. The maximum absolute atomic E-state index is 12.7. The van der Waals surface area contributed by atoms with E-state index in [0.717, 1.165) is 32.0 Å². The van der Waals surface area contributed by atoms with E-state index in [1.165, 1.54) is 6.07 Å². The van der Waals surface area contributed by atoms with Gasteiger partial charge in [0.25, 0.3) is 0 Å². The third-order valence-electron chi connectivity index (χ3n) is 5.01. The summed E-state index contributed by atoms with van der Waals surface area (Å²) in [4.78, 5) is 2.16. The quantitative estimate of drug-likeness (QED) is 0.851. The van der Waals surface area contributed by atoms with Crippen LogP contribution in [-0.4, -0.2) is 45.4 Å². The Hall–Kier alpha value is -2.19. The van der Waals surface area contributed by atoms with Crippen molar-refractivity contribution in [2.75, 3.05) is 20.1 Å². The van der Waals surface area contributed by atoms with Crippen molar-refractivity contribution in [3.8, 4) is 17.0 Å². The van der Waals surface area contributed by atoms with Crippen molar-refractivity contribution in [3.05, 3.63) is 41.1 Å². The van der Waals surface area contributed by atoms with Gasteiger partial charge in [-0.25, -0.2) is 0 Å². The van der Waals surface area contributed by atoms with Gasteiger partial charge in [0, 0.05) is 18.0 Å². The average Bonchev–Trinajstić information content (AvgIpc) is 2.60. The fraction of sp³-hybridized carbons (Fsp3) is 0.474. The first kappa shape index (κ1) is 19.6. The molecule has 2 heterocycles. The molecule has 2 atom stereocenters. The van der Waals surface area contributed by atoms with Crippen LogP contribution in [0.25, 0.3) is 11.3 Å². The molecule has 0 bridgehead atoms. The summed E-state index contributed by atoms with van der Waals surface area (Å²) in [5, 5.41) is 28.8. The average molecular weight is 381 g/mol. The molecule has 1 aromatic carbocycles. The zero-order chi connectivity index (χ0) is 19.8. The van der Waals surface area contributed by atoms with E-state index in [0.29, 0.717) is 17.3 Å². The van der Waals surface area contributed by atoms with Gasteiger partial charge < -0.3 is 15.1 Å². The van der Waals surface area contributed by atoms with Gasteiger partial charge in [-0.2, -0.15) is 23.4 Å². The van der Waals surface area contributed by atoms with Gasteiger partial charge in [-0.3, -0.25) is 0 Å². The number of phenols is 1. The predicted molar refractivity (Wildman–Crippen MR) is 94.1 cm³/mol. The predicted octanol–water partition coefficient (Wildman–Crippen LogP) is 3.55. The van der Waals surface area contributed by atoms with E-state index in [-0.39, 0.29) is 17.2 Å². The van der Waals surface area contributed by atoms with Crippen LogP contribution in [0.15, 0.2) is 24.3 Å². The summed E-state index contributed by atoms with van der Waals surface area (Å²) < 4.78 is 38.2. The molecule has 0 radical (unpaired) electrons. The molecule has 146 valence electrons. The second kappa shape index (κ2) is 7.44. The summed E-state index contributed by atoms with van der Waals surface area (Å²) in [6.07, 6.45) is -3.38. The minimum absolute atomic E-state index is 0.0575. The molecule has 1 saturated heterocycles. The number of aromatic hydroxyl groups is 1. The number of benzene rings is 1. The van der Waals surface area contributed by atoms with Crippen LogP contribution in [0.1, 0.15) is 35.8 Å². The first-order valence-corrected chi connectivity index (χ1v) is 8.78. The number of phenolic OH excluding ortho intramolecular Hbond substituents is 1. The molecule has 0 amide bonds. The topological polar surface area (TPSA) is 69.5 Å². The maximum atomic E-state index is 12.7. The number of hydrogen-bond acceptors (Lipinski definition) is 5. The van der Waals surface area contributed by atoms with Crippen LogP contribution < -0.4 is 0 Å². The number of likely N-dealkylation sites (tertiary alicyclic amines) is 1. The monoisotopic (exact) mass is 381 g/mol. The Labute approximate surface area is 155 Å². The number of halogens is 3. The lowest BCUT2D eigenvalue weighted by Crippen LogP contribution is -2.35. The van der Waals surface area contributed by atoms with Gasteiger partial charge in [-0.05, 0) is 63.2 Å². The minimum atomic E-state index is -4.53. The van der Waals surface area contributed by atoms with Crippen LogP contribution >= 0.6 is 0 Å². The molecule has 8 heteroatoms. The van der Waals surface area contributed by atoms with Crippen molar-refractivity contribution in [1.29, 1.82) is 0 Å². The fourth-order valence-electron chi connectivity index (χ4n) is 3.53. The molecule has 3 rings (SSSR count). The molecular formula is C19H22F3N3O2. The van der Waals surface area contributed by atoms with Crippen LogP contribution in [0.3, 0.4) is 0 Å². The molecule has 2 unspecified atom stereocenters. The largest absolute Gasteiger partial charge is 0.507 e. The Kier molecular flexibility index (Phi) is 5.39. The van der Waals surface area contributed by atoms with E-state index in [1.807, 2.05) is 7.05 Å². The lowest BCUT2D eigenvalue weighted by molar-refractivity contribution is -0.137. The van der Waals surface area contributed by atoms with Crippen molar-refractivity contribution in [2.24, 2.45) is 5.92 Å². The number of piperidine rings is 1. The summed E-state index contributed by atoms with van der Waals surface area (Å²) in [6.45, 7) is 3.54. The summed E-state index contributed by atoms with van der Waals surface area (Å²) >= 11 is 0. The third-order valence-corrected chi connectivity index (χ3v) is 5.01. The normalized spacial score (nSPS) is 19.9. The van der Waals surface area contributed by atoms with Gasteiger partial charge in [-0.1, -0.05) is 0 Å². The highest BCUT2D eigenvalue weighted by Crippen LogP contribution is 2.37. The second-order valence-electron chi connectivity index (χ2n) is 7.14. The molecule has 27 heavy (non-hydrogen) atoms. The van der Waals surface area contributed by atoms with Crippen LogP contribution in [0, 0.1) is 12.8 Å². The van der Waals surface area contributed by atoms with Crippen molar-refractivity contribution in [3.63, 3.8) is 0 Å². The molecule has 2 aromatic rings. The number of rotatable bonds is 3. The van der Waals surface area contributed by atoms with Crippen molar-refractivity contribution >= 4 is 0 Å². The highest BCUT2D eigenvalue weighted by Gasteiger charge is 2.31. The number of nitrogens with zero attached hydrogens (tertiary/aromatic N) is 3. The van der Waals surface area contributed by atoms with Crippen LogP contribution in [0.5, 0.6) is 5.75 Å². The van der Waals surface area contributed by atoms with Gasteiger partial charge in [0.15, 0.2) is 0 Å². The van der Waals surface area contributed by atoms with Gasteiger partial charge in [0.2, 0.25) is 0 Å². The van der Waals surface area contributed by atoms with E-state index >= 15 is 0 Å². The Morgan fingerprint density at radius 1 is 1.22 bits per heavy atom. The Balaban J connectivity index is 1.86. The first-order chi connectivity index (χ1) is 12.7. The summed E-state index contributed by atoms with van der Waals surface area (Å²) in [6, 6.07) is 4.37. The van der Waals surface area contributed by atoms with Crippen LogP contribution in [0.2, 0.25) is 0 Å². The van der Waals surface area contributed by atoms with Gasteiger partial charge >= 0.3 is 6.18 Å². The molecule has 1 fully saturated rings. The number of alkyl halides is 3. The standard InChI is InChI=1S/C19H22F3N3O2/c1-11-8-15(14-6-5-13(9-16(14)26)19(20,21)22)23-24-17(11)18(27)12-4-3-7-25(2)10-12/h5-6,8-9,12,18,26-27H,3-4,7,10H2,1-2H3. The Morgan fingerprint density at radius 2 is 1.96 bits per heavy atom.